The lowest BCUT2D eigenvalue weighted by atomic mass is 10.4. The summed E-state index contributed by atoms with van der Waals surface area (Å²) in [4.78, 5) is 15.7. The first-order valence-corrected chi connectivity index (χ1v) is 7.83. The quantitative estimate of drug-likeness (QED) is 0.310. The molecule has 130 valence electrons. The van der Waals surface area contributed by atoms with E-state index in [2.05, 4.69) is 62.9 Å². The topological polar surface area (TPSA) is 179 Å². The summed E-state index contributed by atoms with van der Waals surface area (Å²) >= 11 is 2.10. The number of nitrogens with two attached hydrogens (primary N) is 2. The van der Waals surface area contributed by atoms with Gasteiger partial charge in [-0.1, -0.05) is 0 Å². The Bertz CT molecular complexity index is 1030. The van der Waals surface area contributed by atoms with Gasteiger partial charge in [-0.3, -0.25) is 10.2 Å². The molecule has 0 spiro atoms. The Labute approximate surface area is 153 Å². The van der Waals surface area contributed by atoms with Gasteiger partial charge in [0, 0.05) is 0 Å². The highest BCUT2D eigenvalue weighted by atomic mass is 127. The smallest absolute Gasteiger partial charge is 0.230 e. The molecule has 4 heterocycles. The van der Waals surface area contributed by atoms with E-state index in [-0.39, 0.29) is 11.9 Å². The van der Waals surface area contributed by atoms with Crippen LogP contribution in [0.25, 0.3) is 22.1 Å². The van der Waals surface area contributed by atoms with Crippen LogP contribution < -0.4 is 20.9 Å². The molecule has 0 radical (unpaired) electrons. The number of methoxy groups -OCH3 is 2. The maximum Gasteiger partial charge on any atom is 0.230 e. The van der Waals surface area contributed by atoms with Crippen LogP contribution in [-0.2, 0) is 0 Å². The monoisotopic (exact) mass is 456 g/mol. The minimum absolute atomic E-state index is 0.159. The molecule has 6 N–H and O–H groups in total. The minimum Gasteiger partial charge on any atom is -0.480 e. The summed E-state index contributed by atoms with van der Waals surface area (Å²) in [7, 11) is 3.05. The van der Waals surface area contributed by atoms with Crippen molar-refractivity contribution < 1.29 is 9.47 Å². The Morgan fingerprint density at radius 3 is 2.36 bits per heavy atom. The highest BCUT2D eigenvalue weighted by Gasteiger charge is 2.12. The molecule has 0 aromatic carbocycles. The van der Waals surface area contributed by atoms with Crippen LogP contribution in [0.15, 0.2) is 6.20 Å². The number of nitrogens with one attached hydrogen (secondary N) is 2. The molecule has 0 saturated carbocycles. The van der Waals surface area contributed by atoms with Gasteiger partial charge in [0.15, 0.2) is 11.3 Å². The lowest BCUT2D eigenvalue weighted by Gasteiger charge is -1.99. The number of hydrogen-bond donors (Lipinski definition) is 4. The van der Waals surface area contributed by atoms with E-state index in [0.717, 1.165) is 14.5 Å². The van der Waals surface area contributed by atoms with Gasteiger partial charge in [-0.25, -0.2) is 0 Å². The largest absolute Gasteiger partial charge is 0.480 e. The van der Waals surface area contributed by atoms with Gasteiger partial charge < -0.3 is 20.9 Å². The average Bonchev–Trinajstić information content (AvgIpc) is 3.20. The van der Waals surface area contributed by atoms with Crippen LogP contribution in [0.2, 0.25) is 0 Å². The first kappa shape index (κ1) is 16.9. The van der Waals surface area contributed by atoms with Crippen LogP contribution in [0.3, 0.4) is 0 Å². The number of H-pyrrole nitrogens is 2. The number of rotatable bonds is 2. The average molecular weight is 456 g/mol. The number of halogens is 1. The van der Waals surface area contributed by atoms with E-state index >= 15 is 0 Å². The van der Waals surface area contributed by atoms with Gasteiger partial charge in [0.25, 0.3) is 0 Å². The predicted octanol–water partition coefficient (Wildman–Crippen LogP) is 0.492. The second kappa shape index (κ2) is 6.88. The van der Waals surface area contributed by atoms with Crippen LogP contribution in [0, 0.1) is 3.70 Å². The summed E-state index contributed by atoms with van der Waals surface area (Å²) in [6, 6.07) is 0. The lowest BCUT2D eigenvalue weighted by Crippen LogP contribution is -1.98. The second-order valence-electron chi connectivity index (χ2n) is 4.55. The molecule has 0 aliphatic carbocycles. The number of nitrogens with zero attached hydrogens (tertiary/aromatic N) is 6. The molecule has 0 fully saturated rings. The number of nitrogen functional groups attached to an aromatic ring is 2. The second-order valence-corrected chi connectivity index (χ2v) is 5.63. The number of hydrogen-bond acceptors (Lipinski definition) is 10. The Balaban J connectivity index is 0.000000146. The van der Waals surface area contributed by atoms with Crippen LogP contribution in [0.4, 0.5) is 11.9 Å². The first-order chi connectivity index (χ1) is 12.0. The molecule has 25 heavy (non-hydrogen) atoms. The van der Waals surface area contributed by atoms with Gasteiger partial charge in [-0.05, 0) is 22.6 Å². The van der Waals surface area contributed by atoms with Crippen molar-refractivity contribution in [3.05, 3.63) is 9.90 Å². The molecule has 4 aromatic rings. The van der Waals surface area contributed by atoms with E-state index in [1.807, 2.05) is 0 Å². The Kier molecular flexibility index (Phi) is 4.64. The van der Waals surface area contributed by atoms with E-state index in [0.29, 0.717) is 23.1 Å². The van der Waals surface area contributed by atoms with E-state index in [4.69, 9.17) is 20.9 Å². The summed E-state index contributed by atoms with van der Waals surface area (Å²) < 4.78 is 10.9. The Hall–Kier alpha value is -2.97. The summed E-state index contributed by atoms with van der Waals surface area (Å²) in [6.07, 6.45) is 1.59. The van der Waals surface area contributed by atoms with Crippen molar-refractivity contribution in [2.45, 2.75) is 0 Å². The van der Waals surface area contributed by atoms with Crippen LogP contribution in [0.1, 0.15) is 0 Å². The minimum atomic E-state index is 0.159. The SMILES string of the molecule is COc1nc(N)nc2[nH]ncc12.COc1nc(N)nc2n[nH]c(I)c12. The number of aromatic nitrogens is 8. The number of ether oxygens (including phenoxy) is 2. The van der Waals surface area contributed by atoms with Crippen molar-refractivity contribution in [3.63, 3.8) is 0 Å². The number of anilines is 2. The fourth-order valence-corrected chi connectivity index (χ4v) is 2.60. The summed E-state index contributed by atoms with van der Waals surface area (Å²) in [6.45, 7) is 0. The van der Waals surface area contributed by atoms with Gasteiger partial charge >= 0.3 is 0 Å². The highest BCUT2D eigenvalue weighted by Crippen LogP contribution is 2.25. The predicted molar refractivity (Wildman–Crippen MR) is 98.0 cm³/mol. The lowest BCUT2D eigenvalue weighted by molar-refractivity contribution is 0.403. The fourth-order valence-electron chi connectivity index (χ4n) is 2.00. The Morgan fingerprint density at radius 2 is 1.64 bits per heavy atom. The molecule has 12 nitrogen and oxygen atoms in total. The van der Waals surface area contributed by atoms with Gasteiger partial charge in [-0.15, -0.1) is 0 Å². The van der Waals surface area contributed by atoms with Crippen molar-refractivity contribution in [1.82, 2.24) is 40.3 Å². The third kappa shape index (κ3) is 3.30. The zero-order valence-corrected chi connectivity index (χ0v) is 15.3. The molecule has 0 aliphatic heterocycles. The van der Waals surface area contributed by atoms with Crippen molar-refractivity contribution in [1.29, 1.82) is 0 Å². The zero-order chi connectivity index (χ0) is 18.0. The van der Waals surface area contributed by atoms with Crippen LogP contribution in [-0.4, -0.2) is 54.6 Å². The molecule has 0 aliphatic rings. The maximum absolute atomic E-state index is 5.45. The van der Waals surface area contributed by atoms with Crippen molar-refractivity contribution >= 4 is 56.6 Å². The van der Waals surface area contributed by atoms with Gasteiger partial charge in [0.2, 0.25) is 23.7 Å². The Morgan fingerprint density at radius 1 is 0.960 bits per heavy atom. The van der Waals surface area contributed by atoms with Crippen molar-refractivity contribution in [2.75, 3.05) is 25.7 Å². The van der Waals surface area contributed by atoms with Gasteiger partial charge in [0.1, 0.15) is 14.5 Å². The third-order valence-electron chi connectivity index (χ3n) is 3.03. The maximum atomic E-state index is 5.45. The van der Waals surface area contributed by atoms with E-state index in [1.54, 1.807) is 6.20 Å². The van der Waals surface area contributed by atoms with E-state index in [1.165, 1.54) is 14.2 Å². The zero-order valence-electron chi connectivity index (χ0n) is 13.1. The normalized spacial score (nSPS) is 10.5. The fraction of sp³-hybridized carbons (Fsp3) is 0.167. The van der Waals surface area contributed by atoms with Crippen molar-refractivity contribution in [2.24, 2.45) is 0 Å². The molecule has 0 saturated heterocycles. The molecule has 0 unspecified atom stereocenters. The van der Waals surface area contributed by atoms with Crippen LogP contribution >= 0.6 is 22.6 Å². The summed E-state index contributed by atoms with van der Waals surface area (Å²) in [5, 5.41) is 14.7. The highest BCUT2D eigenvalue weighted by molar-refractivity contribution is 14.1. The molecule has 13 heteroatoms. The molecule has 0 amide bonds. The van der Waals surface area contributed by atoms with E-state index < -0.39 is 0 Å². The summed E-state index contributed by atoms with van der Waals surface area (Å²) in [5.41, 5.74) is 12.0. The van der Waals surface area contributed by atoms with Crippen LogP contribution in [0.5, 0.6) is 11.8 Å². The standard InChI is InChI=1S/C6H6IN5O.C6H7N5O/c1-13-5-2-3(7)11-12-4(2)9-6(8)10-5;1-12-5-3-2-8-11-4(3)9-6(7)10-5/h1H3,(H3,8,9,10,11,12);2H,1H3,(H3,7,8,9,10,11). The number of aromatic amines is 2. The number of fused-ring (bicyclic) bond motifs is 2. The van der Waals surface area contributed by atoms with E-state index in [9.17, 15) is 0 Å². The molecule has 4 aromatic heterocycles. The molecule has 0 bridgehead atoms. The summed E-state index contributed by atoms with van der Waals surface area (Å²) in [5.74, 6) is 1.21. The molecule has 4 rings (SSSR count). The molecular formula is C12H13IN10O2. The molecule has 0 atom stereocenters. The van der Waals surface area contributed by atoms with Crippen molar-refractivity contribution in [3.8, 4) is 11.8 Å². The third-order valence-corrected chi connectivity index (χ3v) is 3.81. The first-order valence-electron chi connectivity index (χ1n) is 6.75. The molecular weight excluding hydrogens is 443 g/mol. The van der Waals surface area contributed by atoms with Gasteiger partial charge in [-0.2, -0.15) is 30.1 Å². The van der Waals surface area contributed by atoms with Gasteiger partial charge in [0.05, 0.1) is 20.4 Å².